The number of carboxylic acids is 1. The Morgan fingerprint density at radius 2 is 2.04 bits per heavy atom. The van der Waals surface area contributed by atoms with Crippen LogP contribution in [0.15, 0.2) is 18.2 Å². The van der Waals surface area contributed by atoms with Crippen LogP contribution in [0.3, 0.4) is 0 Å². The minimum absolute atomic E-state index is 0.0835. The van der Waals surface area contributed by atoms with Crippen LogP contribution in [-0.2, 0) is 11.3 Å². The van der Waals surface area contributed by atoms with Gasteiger partial charge in [-0.25, -0.2) is 4.39 Å². The molecule has 2 N–H and O–H groups in total. The first-order valence-electron chi connectivity index (χ1n) is 8.18. The second-order valence-electron chi connectivity index (χ2n) is 6.48. The summed E-state index contributed by atoms with van der Waals surface area (Å²) in [5, 5.41) is 13.4. The van der Waals surface area contributed by atoms with Crippen LogP contribution in [0.5, 0.6) is 0 Å². The SMILES string of the molecule is CNC1CCC(c2c(C)n(CC(=O)O)c3ccc(F)cc23)CC1. The van der Waals surface area contributed by atoms with Gasteiger partial charge in [-0.05, 0) is 69.3 Å². The predicted molar refractivity (Wildman–Crippen MR) is 88.3 cm³/mol. The normalized spacial score (nSPS) is 21.7. The van der Waals surface area contributed by atoms with Crippen LogP contribution in [0.25, 0.3) is 10.9 Å². The quantitative estimate of drug-likeness (QED) is 0.908. The van der Waals surface area contributed by atoms with Crippen molar-refractivity contribution in [2.75, 3.05) is 7.05 Å². The average molecular weight is 318 g/mol. The molecule has 1 fully saturated rings. The minimum atomic E-state index is -0.875. The maximum atomic E-state index is 13.8. The number of aromatic nitrogens is 1. The Kier molecular flexibility index (Phi) is 4.39. The van der Waals surface area contributed by atoms with E-state index in [4.69, 9.17) is 0 Å². The maximum absolute atomic E-state index is 13.8. The van der Waals surface area contributed by atoms with Crippen molar-refractivity contribution >= 4 is 16.9 Å². The summed E-state index contributed by atoms with van der Waals surface area (Å²) in [5.41, 5.74) is 2.91. The molecule has 0 unspecified atom stereocenters. The van der Waals surface area contributed by atoms with E-state index in [2.05, 4.69) is 5.32 Å². The van der Waals surface area contributed by atoms with Gasteiger partial charge < -0.3 is 15.0 Å². The summed E-state index contributed by atoms with van der Waals surface area (Å²) in [4.78, 5) is 11.2. The van der Waals surface area contributed by atoms with Gasteiger partial charge in [0.15, 0.2) is 0 Å². The number of hydrogen-bond acceptors (Lipinski definition) is 2. The fourth-order valence-electron chi connectivity index (χ4n) is 4.01. The number of benzene rings is 1. The van der Waals surface area contributed by atoms with E-state index < -0.39 is 5.97 Å². The largest absolute Gasteiger partial charge is 0.480 e. The Morgan fingerprint density at radius 1 is 1.35 bits per heavy atom. The van der Waals surface area contributed by atoms with Crippen molar-refractivity contribution in [2.45, 2.75) is 51.1 Å². The highest BCUT2D eigenvalue weighted by Gasteiger charge is 2.27. The zero-order valence-electron chi connectivity index (χ0n) is 13.6. The molecule has 23 heavy (non-hydrogen) atoms. The molecule has 0 amide bonds. The standard InChI is InChI=1S/C18H23FN2O2/c1-11-18(12-3-6-14(20-2)7-4-12)15-9-13(19)5-8-16(15)21(11)10-17(22)23/h5,8-9,12,14,20H,3-4,6-7,10H2,1-2H3,(H,22,23). The molecule has 1 saturated carbocycles. The van der Waals surface area contributed by atoms with Crippen LogP contribution < -0.4 is 5.32 Å². The fraction of sp³-hybridized carbons (Fsp3) is 0.500. The predicted octanol–water partition coefficient (Wildman–Crippen LogP) is 3.42. The van der Waals surface area contributed by atoms with Gasteiger partial charge in [0.2, 0.25) is 0 Å². The summed E-state index contributed by atoms with van der Waals surface area (Å²) in [5.74, 6) is -0.770. The van der Waals surface area contributed by atoms with Gasteiger partial charge in [-0.3, -0.25) is 4.79 Å². The number of nitrogens with zero attached hydrogens (tertiary/aromatic N) is 1. The summed E-state index contributed by atoms with van der Waals surface area (Å²) >= 11 is 0. The van der Waals surface area contributed by atoms with Crippen LogP contribution >= 0.6 is 0 Å². The Morgan fingerprint density at radius 3 is 2.65 bits per heavy atom. The van der Waals surface area contributed by atoms with Crippen molar-refractivity contribution in [3.63, 3.8) is 0 Å². The van der Waals surface area contributed by atoms with Gasteiger partial charge in [0, 0.05) is 22.6 Å². The van der Waals surface area contributed by atoms with E-state index in [9.17, 15) is 14.3 Å². The molecular formula is C18H23FN2O2. The smallest absolute Gasteiger partial charge is 0.323 e. The number of halogens is 1. The second kappa shape index (κ2) is 6.32. The first kappa shape index (κ1) is 16.0. The van der Waals surface area contributed by atoms with Crippen LogP contribution in [0.2, 0.25) is 0 Å². The number of aliphatic carboxylic acids is 1. The molecule has 0 aliphatic heterocycles. The Bertz CT molecular complexity index is 730. The van der Waals surface area contributed by atoms with Gasteiger partial charge in [0.25, 0.3) is 0 Å². The molecule has 0 radical (unpaired) electrons. The summed E-state index contributed by atoms with van der Waals surface area (Å²) in [6, 6.07) is 5.21. The lowest BCUT2D eigenvalue weighted by Gasteiger charge is -2.28. The van der Waals surface area contributed by atoms with E-state index in [1.165, 1.54) is 6.07 Å². The first-order chi connectivity index (χ1) is 11.0. The van der Waals surface area contributed by atoms with Crippen molar-refractivity contribution < 1.29 is 14.3 Å². The lowest BCUT2D eigenvalue weighted by Crippen LogP contribution is -2.29. The van der Waals surface area contributed by atoms with E-state index in [0.717, 1.165) is 47.8 Å². The molecule has 0 spiro atoms. The zero-order chi connectivity index (χ0) is 16.6. The average Bonchev–Trinajstić information content (AvgIpc) is 2.79. The number of carbonyl (C=O) groups is 1. The second-order valence-corrected chi connectivity index (χ2v) is 6.48. The molecule has 1 aliphatic carbocycles. The molecule has 1 aliphatic rings. The molecule has 1 aromatic carbocycles. The number of rotatable bonds is 4. The molecule has 0 atom stereocenters. The molecule has 2 aromatic rings. The molecule has 5 heteroatoms. The Balaban J connectivity index is 2.07. The zero-order valence-corrected chi connectivity index (χ0v) is 13.6. The summed E-state index contributed by atoms with van der Waals surface area (Å²) in [7, 11) is 1.99. The highest BCUT2D eigenvalue weighted by molar-refractivity contribution is 5.87. The highest BCUT2D eigenvalue weighted by Crippen LogP contribution is 2.40. The van der Waals surface area contributed by atoms with Gasteiger partial charge in [-0.2, -0.15) is 0 Å². The highest BCUT2D eigenvalue weighted by atomic mass is 19.1. The molecule has 4 nitrogen and oxygen atoms in total. The molecule has 0 bridgehead atoms. The maximum Gasteiger partial charge on any atom is 0.323 e. The van der Waals surface area contributed by atoms with Crippen LogP contribution in [0.1, 0.15) is 42.9 Å². The van der Waals surface area contributed by atoms with Crippen molar-refractivity contribution in [2.24, 2.45) is 0 Å². The third-order valence-corrected chi connectivity index (χ3v) is 5.17. The lowest BCUT2D eigenvalue weighted by molar-refractivity contribution is -0.137. The molecule has 1 aromatic heterocycles. The van der Waals surface area contributed by atoms with Crippen molar-refractivity contribution in [3.8, 4) is 0 Å². The van der Waals surface area contributed by atoms with Crippen LogP contribution in [0.4, 0.5) is 4.39 Å². The van der Waals surface area contributed by atoms with Crippen molar-refractivity contribution in [1.82, 2.24) is 9.88 Å². The third kappa shape index (κ3) is 2.98. The number of nitrogens with one attached hydrogen (secondary N) is 1. The molecule has 124 valence electrons. The summed E-state index contributed by atoms with van der Waals surface area (Å²) in [6.45, 7) is 1.88. The topological polar surface area (TPSA) is 54.3 Å². The minimum Gasteiger partial charge on any atom is -0.480 e. The molecular weight excluding hydrogens is 295 g/mol. The molecule has 1 heterocycles. The summed E-state index contributed by atoms with van der Waals surface area (Å²) < 4.78 is 15.6. The van der Waals surface area contributed by atoms with Crippen molar-refractivity contribution in [3.05, 3.63) is 35.3 Å². The van der Waals surface area contributed by atoms with E-state index >= 15 is 0 Å². The van der Waals surface area contributed by atoms with E-state index in [0.29, 0.717) is 12.0 Å². The molecule has 0 saturated heterocycles. The van der Waals surface area contributed by atoms with E-state index in [-0.39, 0.29) is 12.4 Å². The van der Waals surface area contributed by atoms with Crippen molar-refractivity contribution in [1.29, 1.82) is 0 Å². The van der Waals surface area contributed by atoms with Crippen LogP contribution in [0, 0.1) is 12.7 Å². The third-order valence-electron chi connectivity index (χ3n) is 5.17. The Labute approximate surface area is 135 Å². The van der Waals surface area contributed by atoms with Gasteiger partial charge in [0.05, 0.1) is 0 Å². The van der Waals surface area contributed by atoms with Gasteiger partial charge in [0.1, 0.15) is 12.4 Å². The van der Waals surface area contributed by atoms with Gasteiger partial charge in [-0.1, -0.05) is 0 Å². The van der Waals surface area contributed by atoms with Gasteiger partial charge >= 0.3 is 5.97 Å². The van der Waals surface area contributed by atoms with Gasteiger partial charge in [-0.15, -0.1) is 0 Å². The first-order valence-corrected chi connectivity index (χ1v) is 8.18. The molecule has 3 rings (SSSR count). The summed E-state index contributed by atoms with van der Waals surface area (Å²) in [6.07, 6.45) is 4.30. The monoisotopic (exact) mass is 318 g/mol. The fourth-order valence-corrected chi connectivity index (χ4v) is 4.01. The number of hydrogen-bond donors (Lipinski definition) is 2. The van der Waals surface area contributed by atoms with E-state index in [1.807, 2.05) is 14.0 Å². The lowest BCUT2D eigenvalue weighted by atomic mass is 9.80. The Hall–Kier alpha value is -1.88. The van der Waals surface area contributed by atoms with E-state index in [1.54, 1.807) is 16.7 Å². The van der Waals surface area contributed by atoms with Crippen LogP contribution in [-0.4, -0.2) is 28.7 Å². The number of carboxylic acid groups (broad SMARTS) is 1. The number of fused-ring (bicyclic) bond motifs is 1.